The summed E-state index contributed by atoms with van der Waals surface area (Å²) in [6, 6.07) is 0. The second-order valence-corrected chi connectivity index (χ2v) is 3.61. The molecule has 0 amide bonds. The summed E-state index contributed by atoms with van der Waals surface area (Å²) in [7, 11) is 0. The largest absolute Gasteiger partial charge is 0.0845 e. The van der Waals surface area contributed by atoms with Gasteiger partial charge in [0.2, 0.25) is 0 Å². The van der Waals surface area contributed by atoms with Crippen LogP contribution in [0.3, 0.4) is 0 Å². The lowest BCUT2D eigenvalue weighted by Gasteiger charge is -1.80. The Morgan fingerprint density at radius 1 is 1.27 bits per heavy atom. The molecule has 0 aliphatic heterocycles. The van der Waals surface area contributed by atoms with E-state index >= 15 is 0 Å². The number of hydrogen-bond donors (Lipinski definition) is 0. The molecule has 1 heteroatoms. The molecule has 0 bridgehead atoms. The highest BCUT2D eigenvalue weighted by Crippen LogP contribution is 2.01. The monoisotopic (exact) mass is 214 g/mol. The Bertz CT molecular complexity index is 160. The first kappa shape index (κ1) is 10.7. The van der Waals surface area contributed by atoms with Crippen LogP contribution in [0.4, 0.5) is 0 Å². The molecule has 62 valence electrons. The van der Waals surface area contributed by atoms with Crippen molar-refractivity contribution in [3.05, 3.63) is 34.9 Å². The van der Waals surface area contributed by atoms with E-state index in [2.05, 4.69) is 35.0 Å². The topological polar surface area (TPSA) is 0 Å². The van der Waals surface area contributed by atoms with Gasteiger partial charge in [0.15, 0.2) is 0 Å². The maximum absolute atomic E-state index is 3.34. The number of rotatable bonds is 4. The molecule has 0 nitrogen and oxygen atoms in total. The Morgan fingerprint density at radius 3 is 2.55 bits per heavy atom. The molecule has 0 aromatic heterocycles. The molecule has 0 rings (SSSR count). The van der Waals surface area contributed by atoms with Crippen LogP contribution in [-0.4, -0.2) is 0 Å². The first-order chi connectivity index (χ1) is 5.27. The molecule has 0 saturated carbocycles. The van der Waals surface area contributed by atoms with Gasteiger partial charge in [-0.1, -0.05) is 59.7 Å². The van der Waals surface area contributed by atoms with E-state index in [9.17, 15) is 0 Å². The van der Waals surface area contributed by atoms with Gasteiger partial charge in [-0.25, -0.2) is 0 Å². The van der Waals surface area contributed by atoms with Crippen molar-refractivity contribution in [1.82, 2.24) is 0 Å². The molecule has 0 aromatic rings. The van der Waals surface area contributed by atoms with Gasteiger partial charge in [0.25, 0.3) is 0 Å². The van der Waals surface area contributed by atoms with Crippen molar-refractivity contribution in [2.24, 2.45) is 0 Å². The number of unbranched alkanes of at least 4 members (excludes halogenated alkanes) is 1. The zero-order valence-electron chi connectivity index (χ0n) is 7.18. The molecule has 11 heavy (non-hydrogen) atoms. The van der Waals surface area contributed by atoms with Gasteiger partial charge < -0.3 is 0 Å². The van der Waals surface area contributed by atoms with Crippen LogP contribution in [0, 0.1) is 0 Å². The van der Waals surface area contributed by atoms with E-state index < -0.39 is 0 Å². The molecular formula is C10H15Br. The standard InChI is InChI=1S/C10H15Br/c1-3-4-5-6-7-8-9-10(2)11/h5-9H,3-4H2,1-2H3/b6-5+,8-7-,10-9+. The Kier molecular flexibility index (Phi) is 7.59. The Morgan fingerprint density at radius 2 is 2.00 bits per heavy atom. The third-order valence-corrected chi connectivity index (χ3v) is 1.40. The molecule has 0 radical (unpaired) electrons. The average molecular weight is 215 g/mol. The summed E-state index contributed by atoms with van der Waals surface area (Å²) in [6.07, 6.45) is 12.7. The molecule has 0 heterocycles. The van der Waals surface area contributed by atoms with Crippen LogP contribution < -0.4 is 0 Å². The van der Waals surface area contributed by atoms with Crippen LogP contribution in [0.5, 0.6) is 0 Å². The zero-order valence-corrected chi connectivity index (χ0v) is 8.76. The highest BCUT2D eigenvalue weighted by molar-refractivity contribution is 9.11. The van der Waals surface area contributed by atoms with Crippen LogP contribution >= 0.6 is 15.9 Å². The van der Waals surface area contributed by atoms with E-state index in [4.69, 9.17) is 0 Å². The number of hydrogen-bond acceptors (Lipinski definition) is 0. The minimum absolute atomic E-state index is 1.15. The molecule has 0 atom stereocenters. The van der Waals surface area contributed by atoms with Crippen molar-refractivity contribution in [2.75, 3.05) is 0 Å². The summed E-state index contributed by atoms with van der Waals surface area (Å²) in [6.45, 7) is 4.19. The van der Waals surface area contributed by atoms with Gasteiger partial charge in [0.05, 0.1) is 0 Å². The smallest absolute Gasteiger partial charge is 0.00804 e. The van der Waals surface area contributed by atoms with Crippen molar-refractivity contribution in [3.8, 4) is 0 Å². The lowest BCUT2D eigenvalue weighted by molar-refractivity contribution is 0.959. The SMILES string of the molecule is CCC/C=C/C=C\C=C(/C)Br. The van der Waals surface area contributed by atoms with Crippen molar-refractivity contribution >= 4 is 15.9 Å². The van der Waals surface area contributed by atoms with Gasteiger partial charge in [0.1, 0.15) is 0 Å². The van der Waals surface area contributed by atoms with Crippen LogP contribution in [-0.2, 0) is 0 Å². The molecule has 0 unspecified atom stereocenters. The normalized spacial score (nSPS) is 13.5. The number of allylic oxidation sites excluding steroid dienone is 6. The Labute approximate surface area is 77.8 Å². The highest BCUT2D eigenvalue weighted by atomic mass is 79.9. The van der Waals surface area contributed by atoms with Crippen molar-refractivity contribution < 1.29 is 0 Å². The highest BCUT2D eigenvalue weighted by Gasteiger charge is 1.71. The predicted octanol–water partition coefficient (Wildman–Crippen LogP) is 4.20. The van der Waals surface area contributed by atoms with E-state index in [-0.39, 0.29) is 0 Å². The molecule has 0 saturated heterocycles. The molecule has 0 aliphatic carbocycles. The van der Waals surface area contributed by atoms with Crippen LogP contribution in [0.2, 0.25) is 0 Å². The van der Waals surface area contributed by atoms with Gasteiger partial charge in [-0.05, 0) is 17.8 Å². The predicted molar refractivity (Wildman–Crippen MR) is 55.9 cm³/mol. The Balaban J connectivity index is 3.52. The summed E-state index contributed by atoms with van der Waals surface area (Å²) in [5.74, 6) is 0. The first-order valence-electron chi connectivity index (χ1n) is 3.93. The van der Waals surface area contributed by atoms with Crippen LogP contribution in [0.25, 0.3) is 0 Å². The van der Waals surface area contributed by atoms with Crippen molar-refractivity contribution in [2.45, 2.75) is 26.7 Å². The van der Waals surface area contributed by atoms with Crippen molar-refractivity contribution in [3.63, 3.8) is 0 Å². The molecule has 0 N–H and O–H groups in total. The minimum atomic E-state index is 1.15. The summed E-state index contributed by atoms with van der Waals surface area (Å²) in [5, 5.41) is 0. The summed E-state index contributed by atoms with van der Waals surface area (Å²) in [5.41, 5.74) is 0. The minimum Gasteiger partial charge on any atom is -0.0845 e. The van der Waals surface area contributed by atoms with Gasteiger partial charge in [-0.2, -0.15) is 0 Å². The summed E-state index contributed by atoms with van der Waals surface area (Å²) < 4.78 is 1.15. The summed E-state index contributed by atoms with van der Waals surface area (Å²) in [4.78, 5) is 0. The third kappa shape index (κ3) is 9.70. The van der Waals surface area contributed by atoms with E-state index in [0.29, 0.717) is 0 Å². The molecular weight excluding hydrogens is 200 g/mol. The lowest BCUT2D eigenvalue weighted by Crippen LogP contribution is -1.59. The number of halogens is 1. The fourth-order valence-electron chi connectivity index (χ4n) is 0.594. The molecule has 0 aliphatic rings. The average Bonchev–Trinajstić information content (AvgIpc) is 1.96. The van der Waals surface area contributed by atoms with Gasteiger partial charge >= 0.3 is 0 Å². The quantitative estimate of drug-likeness (QED) is 0.616. The maximum Gasteiger partial charge on any atom is -0.00804 e. The fourth-order valence-corrected chi connectivity index (χ4v) is 0.746. The van der Waals surface area contributed by atoms with Crippen molar-refractivity contribution in [1.29, 1.82) is 0 Å². The maximum atomic E-state index is 3.34. The summed E-state index contributed by atoms with van der Waals surface area (Å²) >= 11 is 3.34. The fraction of sp³-hybridized carbons (Fsp3) is 0.400. The molecule has 0 fully saturated rings. The molecule has 0 spiro atoms. The lowest BCUT2D eigenvalue weighted by atomic mass is 10.3. The van der Waals surface area contributed by atoms with Gasteiger partial charge in [0, 0.05) is 0 Å². The van der Waals surface area contributed by atoms with E-state index in [1.807, 2.05) is 25.2 Å². The van der Waals surface area contributed by atoms with E-state index in [1.165, 1.54) is 12.8 Å². The van der Waals surface area contributed by atoms with Gasteiger partial charge in [-0.3, -0.25) is 0 Å². The second kappa shape index (κ2) is 7.80. The Hall–Kier alpha value is -0.300. The van der Waals surface area contributed by atoms with Crippen LogP contribution in [0.15, 0.2) is 34.9 Å². The molecule has 0 aromatic carbocycles. The first-order valence-corrected chi connectivity index (χ1v) is 4.72. The van der Waals surface area contributed by atoms with Gasteiger partial charge in [-0.15, -0.1) is 0 Å². The third-order valence-electron chi connectivity index (χ3n) is 1.14. The van der Waals surface area contributed by atoms with E-state index in [1.54, 1.807) is 0 Å². The second-order valence-electron chi connectivity index (χ2n) is 2.36. The van der Waals surface area contributed by atoms with Crippen LogP contribution in [0.1, 0.15) is 26.7 Å². The zero-order chi connectivity index (χ0) is 8.53. The van der Waals surface area contributed by atoms with E-state index in [0.717, 1.165) is 4.48 Å².